The Hall–Kier alpha value is -2.03. The van der Waals surface area contributed by atoms with Crippen LogP contribution in [-0.2, 0) is 22.5 Å². The van der Waals surface area contributed by atoms with Crippen LogP contribution >= 0.6 is 0 Å². The standard InChI is InChI=1S/C10H12F3N3O3/c1-18-8(17)3-5-2-7(15)6(4-14)9(16-5)19-10(11,12)13/h2H,3-4,14H2,1H3,(H2,15,16). The maximum absolute atomic E-state index is 12.2. The van der Waals surface area contributed by atoms with E-state index in [9.17, 15) is 18.0 Å². The molecule has 0 amide bonds. The number of hydrogen-bond acceptors (Lipinski definition) is 6. The molecule has 0 bridgehead atoms. The molecule has 0 aromatic carbocycles. The lowest BCUT2D eigenvalue weighted by atomic mass is 10.1. The number of alkyl halides is 3. The van der Waals surface area contributed by atoms with Crippen molar-refractivity contribution in [2.24, 2.45) is 5.73 Å². The molecule has 4 N–H and O–H groups in total. The van der Waals surface area contributed by atoms with E-state index >= 15 is 0 Å². The summed E-state index contributed by atoms with van der Waals surface area (Å²) in [7, 11) is 1.15. The van der Waals surface area contributed by atoms with Gasteiger partial charge in [-0.25, -0.2) is 4.98 Å². The average molecular weight is 279 g/mol. The first kappa shape index (κ1) is 15.0. The van der Waals surface area contributed by atoms with Gasteiger partial charge in [-0.2, -0.15) is 0 Å². The quantitative estimate of drug-likeness (QED) is 0.788. The first-order valence-electron chi connectivity index (χ1n) is 5.07. The topological polar surface area (TPSA) is 100 Å². The molecule has 1 rings (SSSR count). The number of aromatic nitrogens is 1. The van der Waals surface area contributed by atoms with Crippen molar-refractivity contribution >= 4 is 11.7 Å². The van der Waals surface area contributed by atoms with Gasteiger partial charge < -0.3 is 20.9 Å². The van der Waals surface area contributed by atoms with Crippen LogP contribution in [0.5, 0.6) is 5.88 Å². The van der Waals surface area contributed by atoms with Crippen LogP contribution in [0.1, 0.15) is 11.3 Å². The second-order valence-electron chi connectivity index (χ2n) is 3.49. The summed E-state index contributed by atoms with van der Waals surface area (Å²) in [6, 6.07) is 1.25. The Morgan fingerprint density at radius 2 is 2.11 bits per heavy atom. The van der Waals surface area contributed by atoms with E-state index in [1.54, 1.807) is 0 Å². The predicted molar refractivity (Wildman–Crippen MR) is 58.9 cm³/mol. The zero-order valence-electron chi connectivity index (χ0n) is 9.95. The number of ether oxygens (including phenoxy) is 2. The number of nitrogen functional groups attached to an aromatic ring is 1. The van der Waals surface area contributed by atoms with Gasteiger partial charge in [0.25, 0.3) is 0 Å². The second-order valence-corrected chi connectivity index (χ2v) is 3.49. The van der Waals surface area contributed by atoms with Crippen molar-refractivity contribution in [3.8, 4) is 5.88 Å². The molecule has 0 radical (unpaired) electrons. The van der Waals surface area contributed by atoms with Crippen molar-refractivity contribution in [1.82, 2.24) is 4.98 Å². The smallest absolute Gasteiger partial charge is 0.469 e. The highest BCUT2D eigenvalue weighted by Gasteiger charge is 2.33. The maximum Gasteiger partial charge on any atom is 0.574 e. The molecule has 106 valence electrons. The number of carbonyl (C=O) groups excluding carboxylic acids is 1. The summed E-state index contributed by atoms with van der Waals surface area (Å²) < 4.78 is 44.8. The molecule has 0 saturated heterocycles. The molecule has 9 heteroatoms. The fourth-order valence-corrected chi connectivity index (χ4v) is 1.33. The van der Waals surface area contributed by atoms with Crippen molar-refractivity contribution in [1.29, 1.82) is 0 Å². The van der Waals surface area contributed by atoms with E-state index in [0.717, 1.165) is 7.11 Å². The van der Waals surface area contributed by atoms with Crippen LogP contribution in [0.3, 0.4) is 0 Å². The monoisotopic (exact) mass is 279 g/mol. The van der Waals surface area contributed by atoms with E-state index in [1.165, 1.54) is 6.07 Å². The Balaban J connectivity index is 3.14. The summed E-state index contributed by atoms with van der Waals surface area (Å²) in [5, 5.41) is 0. The lowest BCUT2D eigenvalue weighted by molar-refractivity contribution is -0.276. The van der Waals surface area contributed by atoms with Gasteiger partial charge in [0.1, 0.15) is 0 Å². The minimum absolute atomic E-state index is 0.000741. The Bertz CT molecular complexity index is 477. The fourth-order valence-electron chi connectivity index (χ4n) is 1.33. The molecule has 0 unspecified atom stereocenters. The second kappa shape index (κ2) is 5.74. The summed E-state index contributed by atoms with van der Waals surface area (Å²) in [6.45, 7) is -0.275. The van der Waals surface area contributed by atoms with E-state index in [0.29, 0.717) is 0 Å². The molecule has 0 aliphatic rings. The first-order valence-corrected chi connectivity index (χ1v) is 5.07. The third-order valence-electron chi connectivity index (χ3n) is 2.14. The van der Waals surface area contributed by atoms with Gasteiger partial charge in [-0.3, -0.25) is 4.79 Å². The SMILES string of the molecule is COC(=O)Cc1cc(N)c(CN)c(OC(F)(F)F)n1. The summed E-state index contributed by atoms with van der Waals surface area (Å²) in [5.41, 5.74) is 10.7. The molecular formula is C10H12F3N3O3. The normalized spacial score (nSPS) is 11.2. The number of anilines is 1. The van der Waals surface area contributed by atoms with Crippen LogP contribution < -0.4 is 16.2 Å². The molecule has 1 heterocycles. The Morgan fingerprint density at radius 1 is 1.47 bits per heavy atom. The molecule has 0 spiro atoms. The summed E-state index contributed by atoms with van der Waals surface area (Å²) in [6.07, 6.45) is -5.24. The molecule has 0 aliphatic heterocycles. The molecule has 1 aromatic rings. The molecule has 0 saturated carbocycles. The predicted octanol–water partition coefficient (Wildman–Crippen LogP) is 0.737. The minimum atomic E-state index is -4.92. The zero-order chi connectivity index (χ0) is 14.6. The van der Waals surface area contributed by atoms with Gasteiger partial charge in [0.15, 0.2) is 0 Å². The van der Waals surface area contributed by atoms with Gasteiger partial charge in [-0.1, -0.05) is 0 Å². The van der Waals surface area contributed by atoms with Gasteiger partial charge in [-0.15, -0.1) is 13.2 Å². The van der Waals surface area contributed by atoms with Crippen molar-refractivity contribution < 1.29 is 27.4 Å². The van der Waals surface area contributed by atoms with E-state index in [1.807, 2.05) is 0 Å². The van der Waals surface area contributed by atoms with Crippen LogP contribution in [0, 0.1) is 0 Å². The molecule has 6 nitrogen and oxygen atoms in total. The van der Waals surface area contributed by atoms with Crippen molar-refractivity contribution in [2.45, 2.75) is 19.3 Å². The highest BCUT2D eigenvalue weighted by molar-refractivity contribution is 5.72. The molecule has 0 aliphatic carbocycles. The lowest BCUT2D eigenvalue weighted by Crippen LogP contribution is -2.21. The van der Waals surface area contributed by atoms with Crippen LogP contribution in [0.25, 0.3) is 0 Å². The zero-order valence-corrected chi connectivity index (χ0v) is 9.95. The van der Waals surface area contributed by atoms with Gasteiger partial charge >= 0.3 is 12.3 Å². The van der Waals surface area contributed by atoms with E-state index in [4.69, 9.17) is 11.5 Å². The van der Waals surface area contributed by atoms with E-state index < -0.39 is 18.2 Å². The molecular weight excluding hydrogens is 267 g/mol. The van der Waals surface area contributed by atoms with Gasteiger partial charge in [0.05, 0.1) is 24.8 Å². The largest absolute Gasteiger partial charge is 0.574 e. The van der Waals surface area contributed by atoms with Crippen LogP contribution in [0.15, 0.2) is 6.07 Å². The van der Waals surface area contributed by atoms with Gasteiger partial charge in [-0.05, 0) is 6.07 Å². The highest BCUT2D eigenvalue weighted by atomic mass is 19.4. The number of pyridine rings is 1. The van der Waals surface area contributed by atoms with Gasteiger partial charge in [0, 0.05) is 12.2 Å². The number of hydrogen-bond donors (Lipinski definition) is 2. The van der Waals surface area contributed by atoms with Crippen LogP contribution in [0.4, 0.5) is 18.9 Å². The average Bonchev–Trinajstić information content (AvgIpc) is 2.26. The van der Waals surface area contributed by atoms with Crippen LogP contribution in [-0.4, -0.2) is 24.4 Å². The third-order valence-corrected chi connectivity index (χ3v) is 2.14. The van der Waals surface area contributed by atoms with Gasteiger partial charge in [0.2, 0.25) is 5.88 Å². The Morgan fingerprint density at radius 3 is 2.58 bits per heavy atom. The number of nitrogens with two attached hydrogens (primary N) is 2. The van der Waals surface area contributed by atoms with Crippen molar-refractivity contribution in [2.75, 3.05) is 12.8 Å². The summed E-state index contributed by atoms with van der Waals surface area (Å²) >= 11 is 0. The Kier molecular flexibility index (Phi) is 4.54. The number of esters is 1. The number of rotatable bonds is 4. The number of halogens is 3. The third kappa shape index (κ3) is 4.28. The Labute approximate surface area is 106 Å². The van der Waals surface area contributed by atoms with Crippen LogP contribution in [0.2, 0.25) is 0 Å². The summed E-state index contributed by atoms with van der Waals surface area (Å²) in [4.78, 5) is 14.6. The number of methoxy groups -OCH3 is 1. The minimum Gasteiger partial charge on any atom is -0.469 e. The molecule has 1 aromatic heterocycles. The molecule has 19 heavy (non-hydrogen) atoms. The first-order chi connectivity index (χ1) is 8.76. The lowest BCUT2D eigenvalue weighted by Gasteiger charge is -2.14. The summed E-state index contributed by atoms with van der Waals surface area (Å²) in [5.74, 6) is -1.42. The number of nitrogens with zero attached hydrogens (tertiary/aromatic N) is 1. The fraction of sp³-hybridized carbons (Fsp3) is 0.400. The van der Waals surface area contributed by atoms with Crippen molar-refractivity contribution in [3.63, 3.8) is 0 Å². The van der Waals surface area contributed by atoms with Crippen molar-refractivity contribution in [3.05, 3.63) is 17.3 Å². The molecule has 0 atom stereocenters. The number of carbonyl (C=O) groups is 1. The molecule has 0 fully saturated rings. The maximum atomic E-state index is 12.2. The van der Waals surface area contributed by atoms with E-state index in [2.05, 4.69) is 14.5 Å². The highest BCUT2D eigenvalue weighted by Crippen LogP contribution is 2.28. The van der Waals surface area contributed by atoms with E-state index in [-0.39, 0.29) is 29.9 Å².